The quantitative estimate of drug-likeness (QED) is 0.884. The van der Waals surface area contributed by atoms with E-state index in [0.29, 0.717) is 24.9 Å². The Morgan fingerprint density at radius 2 is 1.67 bits per heavy atom. The second-order valence-electron chi connectivity index (χ2n) is 5.21. The van der Waals surface area contributed by atoms with Crippen molar-refractivity contribution in [1.29, 1.82) is 0 Å². The van der Waals surface area contributed by atoms with E-state index in [2.05, 4.69) is 0 Å². The van der Waals surface area contributed by atoms with Crippen LogP contribution in [-0.2, 0) is 4.79 Å². The van der Waals surface area contributed by atoms with Crippen LogP contribution in [0.4, 0.5) is 0 Å². The highest BCUT2D eigenvalue weighted by Gasteiger charge is 2.35. The molecule has 1 aromatic rings. The molecule has 1 aliphatic heterocycles. The molecule has 1 heterocycles. The number of carbonyl (C=O) groups is 3. The van der Waals surface area contributed by atoms with Gasteiger partial charge in [-0.15, -0.1) is 0 Å². The first kappa shape index (κ1) is 15.0. The number of rotatable bonds is 3. The second-order valence-corrected chi connectivity index (χ2v) is 5.21. The third-order valence-corrected chi connectivity index (χ3v) is 3.94. The average molecular weight is 291 g/mol. The summed E-state index contributed by atoms with van der Waals surface area (Å²) in [6.45, 7) is 2.26. The monoisotopic (exact) mass is 291 g/mol. The molecule has 21 heavy (non-hydrogen) atoms. The number of carbonyl (C=O) groups excluding carboxylic acids is 1. The molecule has 6 nitrogen and oxygen atoms in total. The van der Waals surface area contributed by atoms with Crippen LogP contribution < -0.4 is 0 Å². The third-order valence-electron chi connectivity index (χ3n) is 3.94. The van der Waals surface area contributed by atoms with Crippen LogP contribution in [-0.4, -0.2) is 45.5 Å². The Kier molecular flexibility index (Phi) is 4.26. The predicted octanol–water partition coefficient (Wildman–Crippen LogP) is 1.71. The molecule has 0 saturated carbocycles. The van der Waals surface area contributed by atoms with E-state index in [4.69, 9.17) is 5.11 Å². The third kappa shape index (κ3) is 3.04. The number of hydrogen-bond acceptors (Lipinski definition) is 3. The Hall–Kier alpha value is -2.37. The molecule has 2 N–H and O–H groups in total. The number of amides is 1. The van der Waals surface area contributed by atoms with Crippen molar-refractivity contribution in [1.82, 2.24) is 4.90 Å². The summed E-state index contributed by atoms with van der Waals surface area (Å²) in [6.07, 6.45) is 1.22. The summed E-state index contributed by atoms with van der Waals surface area (Å²) < 4.78 is 0. The van der Waals surface area contributed by atoms with Crippen LogP contribution in [0.1, 0.15) is 40.5 Å². The Morgan fingerprint density at radius 3 is 2.19 bits per heavy atom. The van der Waals surface area contributed by atoms with Crippen LogP contribution >= 0.6 is 0 Å². The minimum absolute atomic E-state index is 0.113. The molecule has 1 aliphatic rings. The van der Waals surface area contributed by atoms with Crippen molar-refractivity contribution < 1.29 is 24.6 Å². The fraction of sp³-hybridized carbons (Fsp3) is 0.400. The molecular weight excluding hydrogens is 274 g/mol. The molecule has 6 heteroatoms. The van der Waals surface area contributed by atoms with Gasteiger partial charge in [-0.2, -0.15) is 0 Å². The van der Waals surface area contributed by atoms with Gasteiger partial charge in [-0.05, 0) is 44.0 Å². The van der Waals surface area contributed by atoms with Crippen LogP contribution in [0.3, 0.4) is 0 Å². The van der Waals surface area contributed by atoms with Gasteiger partial charge in [0.2, 0.25) is 0 Å². The van der Waals surface area contributed by atoms with Gasteiger partial charge in [0.25, 0.3) is 5.91 Å². The van der Waals surface area contributed by atoms with Gasteiger partial charge in [-0.3, -0.25) is 9.59 Å². The van der Waals surface area contributed by atoms with Crippen molar-refractivity contribution in [3.8, 4) is 0 Å². The molecule has 0 spiro atoms. The van der Waals surface area contributed by atoms with E-state index in [1.165, 1.54) is 24.3 Å². The Balaban J connectivity index is 2.18. The van der Waals surface area contributed by atoms with Gasteiger partial charge in [-0.25, -0.2) is 4.79 Å². The van der Waals surface area contributed by atoms with Gasteiger partial charge < -0.3 is 15.1 Å². The van der Waals surface area contributed by atoms with E-state index in [1.54, 1.807) is 11.8 Å². The smallest absolute Gasteiger partial charge is 0.335 e. The van der Waals surface area contributed by atoms with Gasteiger partial charge >= 0.3 is 11.9 Å². The summed E-state index contributed by atoms with van der Waals surface area (Å²) in [5.74, 6) is -2.75. The van der Waals surface area contributed by atoms with Gasteiger partial charge in [0, 0.05) is 18.2 Å². The number of likely N-dealkylation sites (tertiary alicyclic amines) is 1. The van der Waals surface area contributed by atoms with Crippen molar-refractivity contribution in [3.05, 3.63) is 35.4 Å². The lowest BCUT2D eigenvalue weighted by Crippen LogP contribution is -2.49. The molecule has 2 atom stereocenters. The zero-order valence-corrected chi connectivity index (χ0v) is 11.7. The number of aliphatic carboxylic acids is 1. The first-order valence-corrected chi connectivity index (χ1v) is 6.79. The summed E-state index contributed by atoms with van der Waals surface area (Å²) in [4.78, 5) is 36.0. The van der Waals surface area contributed by atoms with E-state index in [1.807, 2.05) is 0 Å². The number of carboxylic acid groups (broad SMARTS) is 2. The van der Waals surface area contributed by atoms with Gasteiger partial charge in [0.05, 0.1) is 11.5 Å². The topological polar surface area (TPSA) is 94.9 Å². The first-order valence-electron chi connectivity index (χ1n) is 6.79. The van der Waals surface area contributed by atoms with Gasteiger partial charge in [0.1, 0.15) is 0 Å². The lowest BCUT2D eigenvalue weighted by molar-refractivity contribution is -0.144. The molecule has 0 aliphatic carbocycles. The fourth-order valence-electron chi connectivity index (χ4n) is 2.68. The molecule has 0 bridgehead atoms. The molecule has 1 amide bonds. The summed E-state index contributed by atoms with van der Waals surface area (Å²) in [5.41, 5.74) is 0.486. The molecule has 0 radical (unpaired) electrons. The Bertz CT molecular complexity index is 566. The number of aromatic carboxylic acids is 1. The lowest BCUT2D eigenvalue weighted by atomic mass is 9.90. The Morgan fingerprint density at radius 1 is 1.10 bits per heavy atom. The van der Waals surface area contributed by atoms with Crippen LogP contribution in [0, 0.1) is 5.92 Å². The largest absolute Gasteiger partial charge is 0.481 e. The van der Waals surface area contributed by atoms with Gasteiger partial charge in [0.15, 0.2) is 0 Å². The molecule has 1 saturated heterocycles. The van der Waals surface area contributed by atoms with Crippen LogP contribution in [0.5, 0.6) is 0 Å². The average Bonchev–Trinajstić information content (AvgIpc) is 2.46. The normalized spacial score (nSPS) is 21.9. The molecule has 1 fully saturated rings. The maximum absolute atomic E-state index is 12.4. The fourth-order valence-corrected chi connectivity index (χ4v) is 2.68. The zero-order valence-electron chi connectivity index (χ0n) is 11.7. The number of nitrogens with zero attached hydrogens (tertiary/aromatic N) is 1. The summed E-state index contributed by atoms with van der Waals surface area (Å²) in [7, 11) is 0. The minimum atomic E-state index is -1.05. The highest BCUT2D eigenvalue weighted by atomic mass is 16.4. The minimum Gasteiger partial charge on any atom is -0.481 e. The molecule has 0 unspecified atom stereocenters. The number of carboxylic acids is 2. The molecule has 2 rings (SSSR count). The highest BCUT2D eigenvalue weighted by Crippen LogP contribution is 2.25. The van der Waals surface area contributed by atoms with Crippen molar-refractivity contribution in [2.75, 3.05) is 6.54 Å². The molecule has 0 aromatic heterocycles. The second kappa shape index (κ2) is 5.95. The van der Waals surface area contributed by atoms with E-state index in [-0.39, 0.29) is 17.5 Å². The zero-order chi connectivity index (χ0) is 15.6. The summed E-state index contributed by atoms with van der Waals surface area (Å²) >= 11 is 0. The first-order chi connectivity index (χ1) is 9.91. The summed E-state index contributed by atoms with van der Waals surface area (Å²) in [6, 6.07) is 5.30. The molecule has 112 valence electrons. The maximum atomic E-state index is 12.4. The Labute approximate surface area is 122 Å². The lowest BCUT2D eigenvalue weighted by Gasteiger charge is -2.37. The van der Waals surface area contributed by atoms with Crippen LogP contribution in [0.25, 0.3) is 0 Å². The highest BCUT2D eigenvalue weighted by molar-refractivity contribution is 5.96. The SMILES string of the molecule is C[C@@H]1[C@H](C(=O)O)CCCN1C(=O)c1ccc(C(=O)O)cc1. The standard InChI is InChI=1S/C15H17NO5/c1-9-12(15(20)21)3-2-8-16(9)13(17)10-4-6-11(7-5-10)14(18)19/h4-7,9,12H,2-3,8H2,1H3,(H,18,19)(H,20,21)/t9-,12-/m1/s1. The molecular formula is C15H17NO5. The van der Waals surface area contributed by atoms with Crippen LogP contribution in [0.2, 0.25) is 0 Å². The maximum Gasteiger partial charge on any atom is 0.335 e. The van der Waals surface area contributed by atoms with Crippen LogP contribution in [0.15, 0.2) is 24.3 Å². The van der Waals surface area contributed by atoms with E-state index < -0.39 is 17.9 Å². The van der Waals surface area contributed by atoms with E-state index in [9.17, 15) is 19.5 Å². The predicted molar refractivity (Wildman–Crippen MR) is 74.3 cm³/mol. The van der Waals surface area contributed by atoms with Crippen molar-refractivity contribution in [2.24, 2.45) is 5.92 Å². The van der Waals surface area contributed by atoms with E-state index in [0.717, 1.165) is 0 Å². The number of benzene rings is 1. The summed E-state index contributed by atoms with van der Waals surface area (Å²) in [5, 5.41) is 18.0. The van der Waals surface area contributed by atoms with E-state index >= 15 is 0 Å². The van der Waals surface area contributed by atoms with Gasteiger partial charge in [-0.1, -0.05) is 0 Å². The van der Waals surface area contributed by atoms with Crippen molar-refractivity contribution in [2.45, 2.75) is 25.8 Å². The van der Waals surface area contributed by atoms with Crippen molar-refractivity contribution in [3.63, 3.8) is 0 Å². The number of piperidine rings is 1. The molecule has 1 aromatic carbocycles. The van der Waals surface area contributed by atoms with Crippen molar-refractivity contribution >= 4 is 17.8 Å². The number of hydrogen-bond donors (Lipinski definition) is 2.